The second-order valence-corrected chi connectivity index (χ2v) is 12.5. The van der Waals surface area contributed by atoms with E-state index in [1.165, 1.54) is 4.90 Å². The molecule has 1 aromatic rings. The average molecular weight is 549 g/mol. The van der Waals surface area contributed by atoms with Gasteiger partial charge in [-0.3, -0.25) is 14.5 Å². The lowest BCUT2D eigenvalue weighted by atomic mass is 9.90. The van der Waals surface area contributed by atoms with E-state index in [9.17, 15) is 24.6 Å². The van der Waals surface area contributed by atoms with Crippen LogP contribution < -0.4 is 0 Å². The molecule has 1 amide bonds. The third-order valence-electron chi connectivity index (χ3n) is 6.75. The van der Waals surface area contributed by atoms with Crippen molar-refractivity contribution in [2.45, 2.75) is 117 Å². The number of hydrogen-bond acceptors (Lipinski definition) is 7. The molecule has 0 aliphatic rings. The molecule has 0 heterocycles. The summed E-state index contributed by atoms with van der Waals surface area (Å²) in [5, 5.41) is 20.2. The summed E-state index contributed by atoms with van der Waals surface area (Å²) in [6.07, 6.45) is -0.260. The highest BCUT2D eigenvalue weighted by Crippen LogP contribution is 2.23. The Morgan fingerprint density at radius 2 is 1.49 bits per heavy atom. The van der Waals surface area contributed by atoms with Gasteiger partial charge in [0.25, 0.3) is 0 Å². The summed E-state index contributed by atoms with van der Waals surface area (Å²) in [7, 11) is 3.55. The van der Waals surface area contributed by atoms with Gasteiger partial charge in [-0.15, -0.1) is 0 Å². The van der Waals surface area contributed by atoms with Crippen LogP contribution in [0, 0.1) is 11.8 Å². The lowest BCUT2D eigenvalue weighted by Gasteiger charge is -2.36. The lowest BCUT2D eigenvalue weighted by molar-refractivity contribution is -0.166. The fraction of sp³-hybridized carbons (Fsp3) is 0.710. The Hall–Kier alpha value is -2.29. The van der Waals surface area contributed by atoms with Gasteiger partial charge >= 0.3 is 5.97 Å². The van der Waals surface area contributed by atoms with Gasteiger partial charge in [0.05, 0.1) is 18.2 Å². The van der Waals surface area contributed by atoms with Crippen molar-refractivity contribution in [2.75, 3.05) is 14.1 Å². The highest BCUT2D eigenvalue weighted by Gasteiger charge is 2.36. The second kappa shape index (κ2) is 16.1. The number of ether oxygens (including phenoxy) is 1. The predicted molar refractivity (Wildman–Crippen MR) is 154 cm³/mol. The summed E-state index contributed by atoms with van der Waals surface area (Å²) in [5.41, 5.74) is 0.292. The monoisotopic (exact) mass is 548 g/mol. The molecule has 39 heavy (non-hydrogen) atoms. The van der Waals surface area contributed by atoms with Gasteiger partial charge in [0.15, 0.2) is 11.9 Å². The van der Waals surface area contributed by atoms with Crippen LogP contribution in [-0.2, 0) is 25.7 Å². The molecule has 0 fully saturated rings. The molecular weight excluding hydrogens is 496 g/mol. The number of aliphatic hydroxyl groups excluding tert-OH is 2. The molecule has 2 N–H and O–H groups in total. The number of carbonyl (C=O) groups is 3. The van der Waals surface area contributed by atoms with Crippen molar-refractivity contribution in [1.29, 1.82) is 0 Å². The number of nitrogens with zero attached hydrogens (tertiary/aromatic N) is 2. The molecule has 8 heteroatoms. The molecule has 8 nitrogen and oxygen atoms in total. The molecule has 3 unspecified atom stereocenters. The summed E-state index contributed by atoms with van der Waals surface area (Å²) in [4.78, 5) is 43.4. The Balaban J connectivity index is 3.19. The molecule has 0 saturated heterocycles. The summed E-state index contributed by atoms with van der Waals surface area (Å²) in [5.74, 6) is -1.13. The van der Waals surface area contributed by atoms with E-state index < -0.39 is 42.3 Å². The summed E-state index contributed by atoms with van der Waals surface area (Å²) in [6, 6.07) is 8.65. The van der Waals surface area contributed by atoms with Crippen molar-refractivity contribution >= 4 is 17.7 Å². The molecule has 0 radical (unpaired) electrons. The van der Waals surface area contributed by atoms with Crippen molar-refractivity contribution in [3.05, 3.63) is 35.9 Å². The zero-order chi connectivity index (χ0) is 29.9. The van der Waals surface area contributed by atoms with E-state index >= 15 is 0 Å². The predicted octanol–water partition coefficient (Wildman–Crippen LogP) is 4.21. The Morgan fingerprint density at radius 1 is 0.897 bits per heavy atom. The molecule has 5 atom stereocenters. The smallest absolute Gasteiger partial charge is 0.335 e. The zero-order valence-electron chi connectivity index (χ0n) is 25.5. The summed E-state index contributed by atoms with van der Waals surface area (Å²) >= 11 is 0. The Bertz CT molecular complexity index is 896. The van der Waals surface area contributed by atoms with Crippen molar-refractivity contribution in [3.63, 3.8) is 0 Å². The third kappa shape index (κ3) is 13.1. The minimum absolute atomic E-state index is 0.0352. The highest BCUT2D eigenvalue weighted by molar-refractivity contribution is 5.93. The van der Waals surface area contributed by atoms with Gasteiger partial charge in [-0.1, -0.05) is 51.1 Å². The SMILES string of the molecule is CC(C)C[C@@H](C(=O)N(C)[C@@H](CC(C)CCC(C)O)C(=O)CC(O)C(=O)OC(C)(C)C)N(C)Cc1ccccc1. The molecule has 0 aromatic heterocycles. The quantitative estimate of drug-likeness (QED) is 0.298. The van der Waals surface area contributed by atoms with Crippen LogP contribution in [0.25, 0.3) is 0 Å². The van der Waals surface area contributed by atoms with E-state index in [4.69, 9.17) is 4.74 Å². The van der Waals surface area contributed by atoms with E-state index in [0.29, 0.717) is 32.2 Å². The minimum atomic E-state index is -1.61. The van der Waals surface area contributed by atoms with Crippen molar-refractivity contribution < 1.29 is 29.3 Å². The van der Waals surface area contributed by atoms with Crippen molar-refractivity contribution in [2.24, 2.45) is 11.8 Å². The molecule has 222 valence electrons. The van der Waals surface area contributed by atoms with Crippen LogP contribution in [0.4, 0.5) is 0 Å². The van der Waals surface area contributed by atoms with Crippen LogP contribution >= 0.6 is 0 Å². The number of likely N-dealkylation sites (N-methyl/N-ethyl adjacent to an activating group) is 2. The molecule has 0 saturated carbocycles. The normalized spacial score (nSPS) is 15.9. The number of Topliss-reactive ketones (excluding diaryl/α,β-unsaturated/α-hetero) is 1. The first kappa shape index (κ1) is 34.7. The Labute approximate surface area is 235 Å². The van der Waals surface area contributed by atoms with Crippen LogP contribution in [-0.4, -0.2) is 81.7 Å². The van der Waals surface area contributed by atoms with Crippen LogP contribution in [0.3, 0.4) is 0 Å². The third-order valence-corrected chi connectivity index (χ3v) is 6.75. The van der Waals surface area contributed by atoms with Crippen LogP contribution in [0.2, 0.25) is 0 Å². The van der Waals surface area contributed by atoms with Crippen LogP contribution in [0.5, 0.6) is 0 Å². The molecule has 1 aromatic carbocycles. The van der Waals surface area contributed by atoms with Gasteiger partial charge in [0.1, 0.15) is 5.60 Å². The van der Waals surface area contributed by atoms with Crippen molar-refractivity contribution in [3.8, 4) is 0 Å². The minimum Gasteiger partial charge on any atom is -0.458 e. The maximum absolute atomic E-state index is 13.9. The first-order valence-electron chi connectivity index (χ1n) is 14.1. The average Bonchev–Trinajstić information content (AvgIpc) is 2.82. The molecular formula is C31H52N2O6. The lowest BCUT2D eigenvalue weighted by Crippen LogP contribution is -2.52. The first-order chi connectivity index (χ1) is 18.0. The number of aliphatic hydroxyl groups is 2. The van der Waals surface area contributed by atoms with Crippen LogP contribution in [0.15, 0.2) is 30.3 Å². The highest BCUT2D eigenvalue weighted by atomic mass is 16.6. The largest absolute Gasteiger partial charge is 0.458 e. The number of amides is 1. The molecule has 0 bridgehead atoms. The summed E-state index contributed by atoms with van der Waals surface area (Å²) in [6.45, 7) is 13.5. The maximum Gasteiger partial charge on any atom is 0.335 e. The molecule has 0 aliphatic carbocycles. The molecule has 0 spiro atoms. The van der Waals surface area contributed by atoms with Gasteiger partial charge in [0.2, 0.25) is 5.91 Å². The van der Waals surface area contributed by atoms with E-state index in [1.54, 1.807) is 34.7 Å². The van der Waals surface area contributed by atoms with Gasteiger partial charge in [-0.25, -0.2) is 4.79 Å². The number of ketones is 1. The van der Waals surface area contributed by atoms with Gasteiger partial charge in [-0.2, -0.15) is 0 Å². The topological polar surface area (TPSA) is 107 Å². The van der Waals surface area contributed by atoms with Gasteiger partial charge in [-0.05, 0) is 77.8 Å². The molecule has 0 aliphatic heterocycles. The molecule has 1 rings (SSSR count). The maximum atomic E-state index is 13.9. The number of esters is 1. The number of rotatable bonds is 16. The van der Waals surface area contributed by atoms with Gasteiger partial charge < -0.3 is 19.8 Å². The zero-order valence-corrected chi connectivity index (χ0v) is 25.5. The van der Waals surface area contributed by atoms with Crippen molar-refractivity contribution in [1.82, 2.24) is 9.80 Å². The van der Waals surface area contributed by atoms with E-state index in [-0.39, 0.29) is 23.5 Å². The van der Waals surface area contributed by atoms with Crippen LogP contribution in [0.1, 0.15) is 86.1 Å². The fourth-order valence-electron chi connectivity index (χ4n) is 4.60. The first-order valence-corrected chi connectivity index (χ1v) is 14.1. The standard InChI is InChI=1S/C31H52N2O6/c1-21(2)17-26(32(8)20-24-13-11-10-12-14-24)29(37)33(9)25(18-22(3)15-16-23(4)34)27(35)19-28(36)30(38)39-31(5,6)7/h10-14,21-23,25-26,28,34,36H,15-20H2,1-9H3/t22?,23?,25-,26-,28?/m0/s1. The number of benzene rings is 1. The van der Waals surface area contributed by atoms with E-state index in [0.717, 1.165) is 5.56 Å². The number of hydrogen-bond donors (Lipinski definition) is 2. The fourth-order valence-corrected chi connectivity index (χ4v) is 4.60. The van der Waals surface area contributed by atoms with Gasteiger partial charge in [0, 0.05) is 20.0 Å². The van der Waals surface area contributed by atoms with E-state index in [1.807, 2.05) is 49.2 Å². The summed E-state index contributed by atoms with van der Waals surface area (Å²) < 4.78 is 5.25. The Kier molecular flexibility index (Phi) is 14.3. The number of carbonyl (C=O) groups excluding carboxylic acids is 3. The Morgan fingerprint density at radius 3 is 2.00 bits per heavy atom. The van der Waals surface area contributed by atoms with E-state index in [2.05, 4.69) is 13.8 Å². The second-order valence-electron chi connectivity index (χ2n) is 12.5.